The van der Waals surface area contributed by atoms with Crippen LogP contribution in [-0.4, -0.2) is 36.3 Å². The summed E-state index contributed by atoms with van der Waals surface area (Å²) < 4.78 is 2.33. The van der Waals surface area contributed by atoms with Crippen LogP contribution in [0.15, 0.2) is 22.9 Å². The zero-order chi connectivity index (χ0) is 15.4. The molecule has 1 atom stereocenters. The first-order valence-corrected chi connectivity index (χ1v) is 7.36. The maximum atomic E-state index is 11.4. The Bertz CT molecular complexity index is 629. The summed E-state index contributed by atoms with van der Waals surface area (Å²) in [6, 6.07) is 1.84. The standard InChI is InChI=1S/C13H16BrN5O2/c1-8(2)3-10(13(20)21)7-19-12(16-17-18-19)9-4-11(14)6-15-5-9/h4-6,8,10H,3,7H2,1-2H3,(H,20,21). The van der Waals surface area contributed by atoms with Crippen LogP contribution in [0.25, 0.3) is 11.4 Å². The molecule has 8 heteroatoms. The van der Waals surface area contributed by atoms with Gasteiger partial charge in [-0.25, -0.2) is 4.68 Å². The molecule has 2 heterocycles. The van der Waals surface area contributed by atoms with E-state index in [2.05, 4.69) is 36.4 Å². The monoisotopic (exact) mass is 353 g/mol. The Morgan fingerprint density at radius 2 is 2.19 bits per heavy atom. The van der Waals surface area contributed by atoms with Crippen molar-refractivity contribution in [3.05, 3.63) is 22.9 Å². The van der Waals surface area contributed by atoms with Gasteiger partial charge in [-0.2, -0.15) is 0 Å². The van der Waals surface area contributed by atoms with Crippen molar-refractivity contribution in [3.63, 3.8) is 0 Å². The van der Waals surface area contributed by atoms with E-state index >= 15 is 0 Å². The SMILES string of the molecule is CC(C)CC(Cn1nnnc1-c1cncc(Br)c1)C(=O)O. The van der Waals surface area contributed by atoms with Gasteiger partial charge in [0.25, 0.3) is 0 Å². The molecule has 2 rings (SSSR count). The molecule has 0 aliphatic carbocycles. The molecule has 0 aliphatic heterocycles. The second kappa shape index (κ2) is 6.75. The summed E-state index contributed by atoms with van der Waals surface area (Å²) >= 11 is 3.34. The number of aliphatic carboxylic acids is 1. The molecule has 0 aliphatic rings. The van der Waals surface area contributed by atoms with Gasteiger partial charge in [0.15, 0.2) is 5.82 Å². The van der Waals surface area contributed by atoms with E-state index in [1.165, 1.54) is 4.68 Å². The first-order chi connectivity index (χ1) is 9.97. The van der Waals surface area contributed by atoms with Gasteiger partial charge in [0, 0.05) is 22.4 Å². The zero-order valence-electron chi connectivity index (χ0n) is 11.8. The number of halogens is 1. The third-order valence-corrected chi connectivity index (χ3v) is 3.43. The number of rotatable bonds is 6. The van der Waals surface area contributed by atoms with Crippen LogP contribution in [0, 0.1) is 11.8 Å². The van der Waals surface area contributed by atoms with Crippen molar-refractivity contribution >= 4 is 21.9 Å². The molecule has 1 unspecified atom stereocenters. The summed E-state index contributed by atoms with van der Waals surface area (Å²) in [4.78, 5) is 15.4. The van der Waals surface area contributed by atoms with Crippen molar-refractivity contribution in [2.24, 2.45) is 11.8 Å². The van der Waals surface area contributed by atoms with Crippen LogP contribution < -0.4 is 0 Å². The largest absolute Gasteiger partial charge is 0.481 e. The molecule has 1 N–H and O–H groups in total. The maximum absolute atomic E-state index is 11.4. The van der Waals surface area contributed by atoms with Crippen molar-refractivity contribution in [1.29, 1.82) is 0 Å². The van der Waals surface area contributed by atoms with Gasteiger partial charge in [0.2, 0.25) is 0 Å². The normalized spacial score (nSPS) is 12.6. The Balaban J connectivity index is 2.25. The van der Waals surface area contributed by atoms with Gasteiger partial charge >= 0.3 is 5.97 Å². The summed E-state index contributed by atoms with van der Waals surface area (Å²) in [6.07, 6.45) is 3.88. The number of hydrogen-bond donors (Lipinski definition) is 1. The molecule has 7 nitrogen and oxygen atoms in total. The van der Waals surface area contributed by atoms with Gasteiger partial charge in [-0.05, 0) is 44.8 Å². The molecule has 0 fully saturated rings. The fraction of sp³-hybridized carbons (Fsp3) is 0.462. The van der Waals surface area contributed by atoms with Crippen LogP contribution in [0.5, 0.6) is 0 Å². The lowest BCUT2D eigenvalue weighted by Gasteiger charge is -2.15. The number of nitrogens with zero attached hydrogens (tertiary/aromatic N) is 5. The fourth-order valence-corrected chi connectivity index (χ4v) is 2.46. The van der Waals surface area contributed by atoms with Crippen LogP contribution in [-0.2, 0) is 11.3 Å². The van der Waals surface area contributed by atoms with Crippen molar-refractivity contribution < 1.29 is 9.90 Å². The molecular formula is C13H16BrN5O2. The van der Waals surface area contributed by atoms with Crippen LogP contribution in [0.1, 0.15) is 20.3 Å². The molecule has 21 heavy (non-hydrogen) atoms. The summed E-state index contributed by atoms with van der Waals surface area (Å²) in [5.74, 6) is -0.553. The number of tetrazole rings is 1. The molecule has 0 spiro atoms. The smallest absolute Gasteiger partial charge is 0.308 e. The Labute approximate surface area is 130 Å². The van der Waals surface area contributed by atoms with Crippen molar-refractivity contribution in [2.45, 2.75) is 26.8 Å². The molecule has 0 saturated carbocycles. The molecule has 112 valence electrons. The van der Waals surface area contributed by atoms with Gasteiger partial charge in [0.1, 0.15) is 0 Å². The predicted molar refractivity (Wildman–Crippen MR) is 79.3 cm³/mol. The highest BCUT2D eigenvalue weighted by atomic mass is 79.9. The van der Waals surface area contributed by atoms with Crippen LogP contribution >= 0.6 is 15.9 Å². The zero-order valence-corrected chi connectivity index (χ0v) is 13.4. The lowest BCUT2D eigenvalue weighted by Crippen LogP contribution is -2.23. The average molecular weight is 354 g/mol. The van der Waals surface area contributed by atoms with Crippen molar-refractivity contribution in [1.82, 2.24) is 25.2 Å². The Kier molecular flexibility index (Phi) is 5.00. The molecule has 0 saturated heterocycles. The number of pyridine rings is 1. The van der Waals surface area contributed by atoms with Gasteiger partial charge < -0.3 is 5.11 Å². The first-order valence-electron chi connectivity index (χ1n) is 6.57. The number of carboxylic acid groups (broad SMARTS) is 1. The second-order valence-corrected chi connectivity index (χ2v) is 6.16. The van der Waals surface area contributed by atoms with E-state index < -0.39 is 11.9 Å². The second-order valence-electron chi connectivity index (χ2n) is 5.24. The molecule has 0 aromatic carbocycles. The highest BCUT2D eigenvalue weighted by molar-refractivity contribution is 9.10. The Hall–Kier alpha value is -1.83. The van der Waals surface area contributed by atoms with Gasteiger partial charge in [0.05, 0.1) is 12.5 Å². The van der Waals surface area contributed by atoms with E-state index in [-0.39, 0.29) is 6.54 Å². The van der Waals surface area contributed by atoms with Gasteiger partial charge in [-0.3, -0.25) is 9.78 Å². The van der Waals surface area contributed by atoms with Crippen LogP contribution in [0.4, 0.5) is 0 Å². The quantitative estimate of drug-likeness (QED) is 0.855. The summed E-state index contributed by atoms with van der Waals surface area (Å²) in [5.41, 5.74) is 0.739. The van der Waals surface area contributed by atoms with E-state index in [0.717, 1.165) is 10.0 Å². The minimum atomic E-state index is -0.836. The van der Waals surface area contributed by atoms with E-state index in [0.29, 0.717) is 18.2 Å². The Morgan fingerprint density at radius 1 is 1.43 bits per heavy atom. The third-order valence-electron chi connectivity index (χ3n) is 2.99. The Morgan fingerprint density at radius 3 is 2.81 bits per heavy atom. The predicted octanol–water partition coefficient (Wildman–Crippen LogP) is 2.24. The fourth-order valence-electron chi connectivity index (χ4n) is 2.10. The van der Waals surface area contributed by atoms with Crippen LogP contribution in [0.2, 0.25) is 0 Å². The molecule has 0 bridgehead atoms. The number of hydrogen-bond acceptors (Lipinski definition) is 5. The highest BCUT2D eigenvalue weighted by Gasteiger charge is 2.22. The third kappa shape index (κ3) is 4.07. The first kappa shape index (κ1) is 15.6. The lowest BCUT2D eigenvalue weighted by atomic mass is 9.97. The summed E-state index contributed by atoms with van der Waals surface area (Å²) in [6.45, 7) is 4.23. The highest BCUT2D eigenvalue weighted by Crippen LogP contribution is 2.21. The molecule has 2 aromatic rings. The topological polar surface area (TPSA) is 93.8 Å². The minimum Gasteiger partial charge on any atom is -0.481 e. The minimum absolute atomic E-state index is 0.238. The average Bonchev–Trinajstić information content (AvgIpc) is 2.85. The number of aromatic nitrogens is 5. The van der Waals surface area contributed by atoms with E-state index in [4.69, 9.17) is 0 Å². The van der Waals surface area contributed by atoms with Gasteiger partial charge in [-0.15, -0.1) is 5.10 Å². The van der Waals surface area contributed by atoms with Crippen molar-refractivity contribution in [3.8, 4) is 11.4 Å². The molecule has 0 radical (unpaired) electrons. The summed E-state index contributed by atoms with van der Waals surface area (Å²) in [7, 11) is 0. The maximum Gasteiger partial charge on any atom is 0.308 e. The van der Waals surface area contributed by atoms with Gasteiger partial charge in [-0.1, -0.05) is 13.8 Å². The number of carbonyl (C=O) groups is 1. The van der Waals surface area contributed by atoms with Crippen molar-refractivity contribution in [2.75, 3.05) is 0 Å². The molecule has 2 aromatic heterocycles. The lowest BCUT2D eigenvalue weighted by molar-refractivity contribution is -0.142. The number of carboxylic acids is 1. The van der Waals surface area contributed by atoms with Crippen LogP contribution in [0.3, 0.4) is 0 Å². The van der Waals surface area contributed by atoms with E-state index in [9.17, 15) is 9.90 Å². The summed E-state index contributed by atoms with van der Waals surface area (Å²) in [5, 5.41) is 20.8. The van der Waals surface area contributed by atoms with E-state index in [1.807, 2.05) is 19.9 Å². The van der Waals surface area contributed by atoms with E-state index in [1.54, 1.807) is 12.4 Å². The molecule has 0 amide bonds. The molecular weight excluding hydrogens is 338 g/mol.